The third kappa shape index (κ3) is 3.09. The molecule has 1 aromatic rings. The number of nitrogens with one attached hydrogen (secondary N) is 2. The van der Waals surface area contributed by atoms with E-state index in [1.54, 1.807) is 25.2 Å². The first-order valence-corrected chi connectivity index (χ1v) is 4.78. The number of anilines is 1. The van der Waals surface area contributed by atoms with Crippen LogP contribution in [0.1, 0.15) is 0 Å². The van der Waals surface area contributed by atoms with E-state index >= 15 is 0 Å². The van der Waals surface area contributed by atoms with Crippen LogP contribution in [-0.2, 0) is 4.79 Å². The number of halogens is 2. The van der Waals surface area contributed by atoms with Crippen molar-refractivity contribution in [2.75, 3.05) is 18.9 Å². The van der Waals surface area contributed by atoms with Crippen molar-refractivity contribution >= 4 is 34.8 Å². The summed E-state index contributed by atoms with van der Waals surface area (Å²) in [6.07, 6.45) is 0. The molecule has 0 aliphatic rings. The van der Waals surface area contributed by atoms with Gasteiger partial charge in [-0.1, -0.05) is 23.2 Å². The number of benzene rings is 1. The van der Waals surface area contributed by atoms with Gasteiger partial charge < -0.3 is 10.6 Å². The highest BCUT2D eigenvalue weighted by atomic mass is 35.5. The van der Waals surface area contributed by atoms with Gasteiger partial charge in [0.1, 0.15) is 0 Å². The predicted molar refractivity (Wildman–Crippen MR) is 59.0 cm³/mol. The second-order valence-electron chi connectivity index (χ2n) is 2.65. The molecule has 1 rings (SSSR count). The Labute approximate surface area is 92.4 Å². The molecule has 0 aliphatic carbocycles. The number of rotatable bonds is 3. The number of carbonyl (C=O) groups is 1. The molecule has 2 N–H and O–H groups in total. The molecule has 0 bridgehead atoms. The van der Waals surface area contributed by atoms with E-state index in [0.717, 1.165) is 0 Å². The van der Waals surface area contributed by atoms with E-state index in [-0.39, 0.29) is 12.5 Å². The molecule has 0 saturated carbocycles. The molecular formula is C9H10Cl2N2O. The van der Waals surface area contributed by atoms with E-state index in [2.05, 4.69) is 10.6 Å². The molecule has 5 heteroatoms. The van der Waals surface area contributed by atoms with Crippen LogP contribution in [0.5, 0.6) is 0 Å². The van der Waals surface area contributed by atoms with Crippen LogP contribution in [0.2, 0.25) is 10.0 Å². The Morgan fingerprint density at radius 2 is 2.14 bits per heavy atom. The van der Waals surface area contributed by atoms with Gasteiger partial charge in [-0.05, 0) is 18.2 Å². The molecule has 0 heterocycles. The molecule has 0 unspecified atom stereocenters. The topological polar surface area (TPSA) is 41.1 Å². The van der Waals surface area contributed by atoms with Crippen LogP contribution in [-0.4, -0.2) is 19.5 Å². The molecule has 0 spiro atoms. The van der Waals surface area contributed by atoms with Gasteiger partial charge in [-0.2, -0.15) is 0 Å². The van der Waals surface area contributed by atoms with E-state index < -0.39 is 0 Å². The van der Waals surface area contributed by atoms with Crippen LogP contribution in [0.4, 0.5) is 5.69 Å². The van der Waals surface area contributed by atoms with Gasteiger partial charge >= 0.3 is 0 Å². The smallest absolute Gasteiger partial charge is 0.239 e. The zero-order valence-electron chi connectivity index (χ0n) is 7.60. The second kappa shape index (κ2) is 5.08. The minimum absolute atomic E-state index is 0.101. The third-order valence-corrected chi connectivity index (χ3v) is 2.20. The van der Waals surface area contributed by atoms with Crippen molar-refractivity contribution < 1.29 is 4.79 Å². The summed E-state index contributed by atoms with van der Waals surface area (Å²) in [6, 6.07) is 5.06. The highest BCUT2D eigenvalue weighted by Gasteiger charge is 2.02. The molecule has 76 valence electrons. The molecule has 14 heavy (non-hydrogen) atoms. The predicted octanol–water partition coefficient (Wildman–Crippen LogP) is 2.15. The van der Waals surface area contributed by atoms with Crippen molar-refractivity contribution in [3.8, 4) is 0 Å². The van der Waals surface area contributed by atoms with Crippen LogP contribution in [0.15, 0.2) is 18.2 Å². The molecule has 1 amide bonds. The lowest BCUT2D eigenvalue weighted by atomic mass is 10.3. The molecule has 0 atom stereocenters. The van der Waals surface area contributed by atoms with Gasteiger partial charge in [0.25, 0.3) is 0 Å². The number of amides is 1. The summed E-state index contributed by atoms with van der Waals surface area (Å²) in [4.78, 5) is 10.9. The van der Waals surface area contributed by atoms with Crippen molar-refractivity contribution in [1.29, 1.82) is 0 Å². The molecule has 0 fully saturated rings. The van der Waals surface area contributed by atoms with E-state index in [0.29, 0.717) is 15.7 Å². The quantitative estimate of drug-likeness (QED) is 0.839. The third-order valence-electron chi connectivity index (χ3n) is 1.65. The number of hydrogen-bond acceptors (Lipinski definition) is 2. The van der Waals surface area contributed by atoms with Gasteiger partial charge in [-0.25, -0.2) is 0 Å². The fourth-order valence-electron chi connectivity index (χ4n) is 0.897. The van der Waals surface area contributed by atoms with Crippen LogP contribution < -0.4 is 10.6 Å². The monoisotopic (exact) mass is 232 g/mol. The molecule has 3 nitrogen and oxygen atoms in total. The maximum Gasteiger partial charge on any atom is 0.239 e. The van der Waals surface area contributed by atoms with Crippen LogP contribution in [0, 0.1) is 0 Å². The van der Waals surface area contributed by atoms with E-state index in [1.165, 1.54) is 0 Å². The minimum Gasteiger partial charge on any atom is -0.375 e. The van der Waals surface area contributed by atoms with Gasteiger partial charge in [0.15, 0.2) is 0 Å². The lowest BCUT2D eigenvalue weighted by molar-refractivity contribution is -0.118. The maximum atomic E-state index is 10.9. The van der Waals surface area contributed by atoms with E-state index in [4.69, 9.17) is 23.2 Å². The standard InChI is InChI=1S/C9H10Cl2N2O/c1-12-9(14)5-13-8-3-2-6(10)4-7(8)11/h2-4,13H,5H2,1H3,(H,12,14). The fraction of sp³-hybridized carbons (Fsp3) is 0.222. The Kier molecular flexibility index (Phi) is 4.04. The zero-order chi connectivity index (χ0) is 10.6. The second-order valence-corrected chi connectivity index (χ2v) is 3.49. The first kappa shape index (κ1) is 11.1. The normalized spacial score (nSPS) is 9.64. The van der Waals surface area contributed by atoms with Crippen molar-refractivity contribution in [2.24, 2.45) is 0 Å². The lowest BCUT2D eigenvalue weighted by Gasteiger charge is -2.07. The van der Waals surface area contributed by atoms with Crippen molar-refractivity contribution in [1.82, 2.24) is 5.32 Å². The lowest BCUT2D eigenvalue weighted by Crippen LogP contribution is -2.26. The molecule has 0 aromatic heterocycles. The van der Waals surface area contributed by atoms with Gasteiger partial charge in [0, 0.05) is 12.1 Å². The minimum atomic E-state index is -0.101. The highest BCUT2D eigenvalue weighted by Crippen LogP contribution is 2.24. The van der Waals surface area contributed by atoms with Crippen LogP contribution >= 0.6 is 23.2 Å². The largest absolute Gasteiger partial charge is 0.375 e. The Bertz CT molecular complexity index is 342. The Balaban J connectivity index is 2.63. The SMILES string of the molecule is CNC(=O)CNc1ccc(Cl)cc1Cl. The van der Waals surface area contributed by atoms with Gasteiger partial charge in [-0.15, -0.1) is 0 Å². The van der Waals surface area contributed by atoms with Gasteiger partial charge in [0.05, 0.1) is 17.3 Å². The Hall–Kier alpha value is -0.930. The van der Waals surface area contributed by atoms with Crippen molar-refractivity contribution in [3.05, 3.63) is 28.2 Å². The van der Waals surface area contributed by atoms with Crippen molar-refractivity contribution in [2.45, 2.75) is 0 Å². The molecule has 0 radical (unpaired) electrons. The average molecular weight is 233 g/mol. The summed E-state index contributed by atoms with van der Waals surface area (Å²) in [7, 11) is 1.58. The number of hydrogen-bond donors (Lipinski definition) is 2. The summed E-state index contributed by atoms with van der Waals surface area (Å²) in [5, 5.41) is 6.45. The van der Waals surface area contributed by atoms with Crippen LogP contribution in [0.25, 0.3) is 0 Å². The Morgan fingerprint density at radius 1 is 1.43 bits per heavy atom. The van der Waals surface area contributed by atoms with Gasteiger partial charge in [-0.3, -0.25) is 4.79 Å². The number of likely N-dealkylation sites (N-methyl/N-ethyl adjacent to an activating group) is 1. The molecule has 0 aliphatic heterocycles. The summed E-state index contributed by atoms with van der Waals surface area (Å²) in [5.74, 6) is -0.101. The first-order chi connectivity index (χ1) is 6.63. The summed E-state index contributed by atoms with van der Waals surface area (Å²) in [6.45, 7) is 0.192. The van der Waals surface area contributed by atoms with Crippen molar-refractivity contribution in [3.63, 3.8) is 0 Å². The summed E-state index contributed by atoms with van der Waals surface area (Å²) in [5.41, 5.74) is 0.694. The summed E-state index contributed by atoms with van der Waals surface area (Å²) < 4.78 is 0. The summed E-state index contributed by atoms with van der Waals surface area (Å²) >= 11 is 11.6. The van der Waals surface area contributed by atoms with E-state index in [9.17, 15) is 4.79 Å². The average Bonchev–Trinajstić information content (AvgIpc) is 2.16. The number of carbonyl (C=O) groups excluding carboxylic acids is 1. The fourth-order valence-corrected chi connectivity index (χ4v) is 1.37. The molecular weight excluding hydrogens is 223 g/mol. The zero-order valence-corrected chi connectivity index (χ0v) is 9.12. The van der Waals surface area contributed by atoms with Crippen LogP contribution in [0.3, 0.4) is 0 Å². The van der Waals surface area contributed by atoms with Gasteiger partial charge in [0.2, 0.25) is 5.91 Å². The van der Waals surface area contributed by atoms with E-state index in [1.807, 2.05) is 0 Å². The highest BCUT2D eigenvalue weighted by molar-refractivity contribution is 6.36. The Morgan fingerprint density at radius 3 is 2.71 bits per heavy atom. The molecule has 1 aromatic carbocycles. The molecule has 0 saturated heterocycles. The first-order valence-electron chi connectivity index (χ1n) is 4.03. The maximum absolute atomic E-state index is 10.9.